The molecule has 0 aromatic heterocycles. The molecule has 2 saturated heterocycles. The molecule has 21 heavy (non-hydrogen) atoms. The lowest BCUT2D eigenvalue weighted by molar-refractivity contribution is -0.164. The van der Waals surface area contributed by atoms with E-state index >= 15 is 0 Å². The summed E-state index contributed by atoms with van der Waals surface area (Å²) in [7, 11) is 0. The maximum Gasteiger partial charge on any atom is 0.309 e. The van der Waals surface area contributed by atoms with E-state index in [-0.39, 0.29) is 41.8 Å². The van der Waals surface area contributed by atoms with Gasteiger partial charge in [-0.2, -0.15) is 0 Å². The van der Waals surface area contributed by atoms with Gasteiger partial charge in [0, 0.05) is 11.8 Å². The molecule has 1 spiro atoms. The van der Waals surface area contributed by atoms with Gasteiger partial charge in [-0.05, 0) is 20.3 Å². The number of ether oxygens (including phenoxy) is 2. The number of aliphatic hydroxyl groups excluding tert-OH is 1. The van der Waals surface area contributed by atoms with Gasteiger partial charge in [0.2, 0.25) is 0 Å². The Morgan fingerprint density at radius 3 is 2.76 bits per heavy atom. The van der Waals surface area contributed by atoms with Crippen molar-refractivity contribution in [3.8, 4) is 0 Å². The molecule has 2 heterocycles. The van der Waals surface area contributed by atoms with E-state index in [0.717, 1.165) is 0 Å². The van der Waals surface area contributed by atoms with Gasteiger partial charge in [-0.3, -0.25) is 4.79 Å². The lowest BCUT2D eigenvalue weighted by Gasteiger charge is -2.46. The van der Waals surface area contributed by atoms with Gasteiger partial charge in [0.1, 0.15) is 17.8 Å². The van der Waals surface area contributed by atoms with Crippen LogP contribution in [-0.4, -0.2) is 51.1 Å². The van der Waals surface area contributed by atoms with Crippen LogP contribution in [-0.2, 0) is 14.3 Å². The number of carbonyl (C=O) groups is 1. The van der Waals surface area contributed by atoms with Crippen molar-refractivity contribution in [1.82, 2.24) is 0 Å². The van der Waals surface area contributed by atoms with E-state index in [9.17, 15) is 15.0 Å². The smallest absolute Gasteiger partial charge is 0.309 e. The van der Waals surface area contributed by atoms with Crippen molar-refractivity contribution >= 4 is 17.6 Å². The largest absolute Gasteiger partial charge is 0.461 e. The molecule has 0 amide bonds. The average molecular weight is 317 g/mol. The number of carbonyl (C=O) groups excluding carboxylic acids is 1. The van der Waals surface area contributed by atoms with Crippen molar-refractivity contribution in [2.24, 2.45) is 23.7 Å². The highest BCUT2D eigenvalue weighted by molar-refractivity contribution is 6.22. The monoisotopic (exact) mass is 316 g/mol. The molecular formula is C15H21ClO5. The van der Waals surface area contributed by atoms with Gasteiger partial charge in [-0.15, -0.1) is 11.6 Å². The van der Waals surface area contributed by atoms with Gasteiger partial charge < -0.3 is 19.7 Å². The van der Waals surface area contributed by atoms with E-state index in [1.54, 1.807) is 13.8 Å². The Bertz CT molecular complexity index is 506. The highest BCUT2D eigenvalue weighted by atomic mass is 35.5. The fourth-order valence-electron chi connectivity index (χ4n) is 5.27. The summed E-state index contributed by atoms with van der Waals surface area (Å²) in [6.07, 6.45) is -0.540. The molecule has 0 bridgehead atoms. The molecule has 0 aromatic rings. The molecule has 0 unspecified atom stereocenters. The van der Waals surface area contributed by atoms with Gasteiger partial charge >= 0.3 is 5.97 Å². The Kier molecular flexibility index (Phi) is 2.67. The lowest BCUT2D eigenvalue weighted by Crippen LogP contribution is -2.58. The Morgan fingerprint density at radius 2 is 2.14 bits per heavy atom. The molecule has 2 aliphatic heterocycles. The van der Waals surface area contributed by atoms with Crippen molar-refractivity contribution in [2.75, 3.05) is 0 Å². The number of epoxide rings is 1. The van der Waals surface area contributed by atoms with Crippen LogP contribution in [0.3, 0.4) is 0 Å². The van der Waals surface area contributed by atoms with Gasteiger partial charge in [-0.25, -0.2) is 0 Å². The highest BCUT2D eigenvalue weighted by Gasteiger charge is 2.84. The van der Waals surface area contributed by atoms with Crippen molar-refractivity contribution < 1.29 is 24.5 Å². The van der Waals surface area contributed by atoms with Crippen molar-refractivity contribution in [3.63, 3.8) is 0 Å². The Morgan fingerprint density at radius 1 is 1.48 bits per heavy atom. The Labute approximate surface area is 128 Å². The number of hydrogen-bond donors (Lipinski definition) is 2. The molecule has 6 heteroatoms. The van der Waals surface area contributed by atoms with Gasteiger partial charge in [0.15, 0.2) is 0 Å². The normalized spacial score (nSPS) is 62.6. The molecule has 118 valence electrons. The van der Waals surface area contributed by atoms with Gasteiger partial charge in [-0.1, -0.05) is 6.92 Å². The molecule has 2 saturated carbocycles. The first kappa shape index (κ1) is 14.2. The summed E-state index contributed by atoms with van der Waals surface area (Å²) in [6.45, 7) is 5.30. The van der Waals surface area contributed by atoms with Crippen LogP contribution in [0.4, 0.5) is 0 Å². The van der Waals surface area contributed by atoms with Crippen LogP contribution in [0.2, 0.25) is 0 Å². The molecule has 0 radical (unpaired) electrons. The quantitative estimate of drug-likeness (QED) is 0.423. The Balaban J connectivity index is 1.81. The number of esters is 1. The summed E-state index contributed by atoms with van der Waals surface area (Å²) in [6, 6.07) is 0. The molecule has 5 nitrogen and oxygen atoms in total. The minimum atomic E-state index is -1.16. The predicted molar refractivity (Wildman–Crippen MR) is 73.7 cm³/mol. The third-order valence-electron chi connectivity index (χ3n) is 6.36. The standard InChI is InChI=1S/C15H21ClO5/c1-5-7-4-8(6(2)17)15-10(9(7)20-13(5)18)14(3,19)11(16)12(15)21-15/h5-12,17,19H,4H2,1-3H3/t5-,6+,7-,8+,9+,10+,11-,12-,14-,15+/m1/s1. The van der Waals surface area contributed by atoms with Crippen LogP contribution in [0.5, 0.6) is 0 Å². The summed E-state index contributed by atoms with van der Waals surface area (Å²) >= 11 is 6.40. The molecule has 10 atom stereocenters. The van der Waals surface area contributed by atoms with E-state index in [4.69, 9.17) is 21.1 Å². The number of fused-ring (bicyclic) bond motifs is 2. The molecule has 4 fully saturated rings. The molecular weight excluding hydrogens is 296 g/mol. The topological polar surface area (TPSA) is 79.3 Å². The fraction of sp³-hybridized carbons (Fsp3) is 0.933. The van der Waals surface area contributed by atoms with Crippen molar-refractivity contribution in [1.29, 1.82) is 0 Å². The molecule has 4 aliphatic rings. The van der Waals surface area contributed by atoms with Crippen molar-refractivity contribution in [3.05, 3.63) is 0 Å². The van der Waals surface area contributed by atoms with Gasteiger partial charge in [0.05, 0.1) is 28.9 Å². The van der Waals surface area contributed by atoms with E-state index in [1.165, 1.54) is 0 Å². The summed E-state index contributed by atoms with van der Waals surface area (Å²) in [5, 5.41) is 20.6. The van der Waals surface area contributed by atoms with E-state index in [0.29, 0.717) is 6.42 Å². The van der Waals surface area contributed by atoms with Crippen molar-refractivity contribution in [2.45, 2.75) is 62.1 Å². The third kappa shape index (κ3) is 1.46. The Hall–Kier alpha value is -0.360. The second-order valence-electron chi connectivity index (χ2n) is 7.43. The summed E-state index contributed by atoms with van der Waals surface area (Å²) in [4.78, 5) is 12.0. The van der Waals surface area contributed by atoms with E-state index in [2.05, 4.69) is 0 Å². The first-order valence-corrected chi connectivity index (χ1v) is 8.09. The minimum Gasteiger partial charge on any atom is -0.461 e. The van der Waals surface area contributed by atoms with Gasteiger partial charge in [0.25, 0.3) is 0 Å². The second-order valence-corrected chi connectivity index (χ2v) is 7.90. The number of aliphatic hydroxyl groups is 2. The molecule has 2 aliphatic carbocycles. The van der Waals surface area contributed by atoms with Crippen LogP contribution in [0.1, 0.15) is 27.2 Å². The number of hydrogen-bond acceptors (Lipinski definition) is 5. The second kappa shape index (κ2) is 3.94. The third-order valence-corrected chi connectivity index (χ3v) is 7.03. The van der Waals surface area contributed by atoms with Crippen LogP contribution in [0.15, 0.2) is 0 Å². The maximum absolute atomic E-state index is 12.0. The first-order valence-electron chi connectivity index (χ1n) is 7.65. The van der Waals surface area contributed by atoms with Crippen LogP contribution < -0.4 is 0 Å². The minimum absolute atomic E-state index is 0.00557. The highest BCUT2D eigenvalue weighted by Crippen LogP contribution is 2.70. The van der Waals surface area contributed by atoms with Crippen LogP contribution in [0, 0.1) is 23.7 Å². The molecule has 4 rings (SSSR count). The zero-order valence-corrected chi connectivity index (χ0v) is 13.1. The molecule has 2 N–H and O–H groups in total. The zero-order valence-electron chi connectivity index (χ0n) is 12.3. The lowest BCUT2D eigenvalue weighted by atomic mass is 9.61. The summed E-state index contributed by atoms with van der Waals surface area (Å²) in [5.41, 5.74) is -1.80. The summed E-state index contributed by atoms with van der Waals surface area (Å²) in [5.74, 6) is -0.926. The predicted octanol–water partition coefficient (Wildman–Crippen LogP) is 0.691. The maximum atomic E-state index is 12.0. The van der Waals surface area contributed by atoms with E-state index < -0.39 is 22.7 Å². The van der Waals surface area contributed by atoms with Crippen LogP contribution in [0.25, 0.3) is 0 Å². The number of alkyl halides is 1. The zero-order chi connectivity index (χ0) is 15.3. The average Bonchev–Trinajstić information content (AvgIpc) is 2.98. The SMILES string of the molecule is C[C@H](O)[C@@H]1C[C@H]2[C@H](OC(=O)[C@@H]2C)[C@H]2[C@@](C)(O)[C@H](Cl)[C@H]3O[C@@]312. The number of rotatable bonds is 1. The number of halogens is 1. The molecule has 0 aromatic carbocycles. The fourth-order valence-corrected chi connectivity index (χ4v) is 5.65. The summed E-state index contributed by atoms with van der Waals surface area (Å²) < 4.78 is 11.5. The van der Waals surface area contributed by atoms with Crippen LogP contribution >= 0.6 is 11.6 Å². The first-order chi connectivity index (χ1) is 9.72. The van der Waals surface area contributed by atoms with E-state index in [1.807, 2.05) is 6.92 Å².